The summed E-state index contributed by atoms with van der Waals surface area (Å²) in [6.45, 7) is 5.85. The molecule has 2 aromatic carbocycles. The summed E-state index contributed by atoms with van der Waals surface area (Å²) in [5, 5.41) is 0. The molecule has 0 radical (unpaired) electrons. The molecule has 0 saturated carbocycles. The van der Waals surface area contributed by atoms with Gasteiger partial charge in [0.2, 0.25) is 5.43 Å². The molecule has 55 heavy (non-hydrogen) atoms. The van der Waals surface area contributed by atoms with E-state index in [-0.39, 0.29) is 11.2 Å². The second kappa shape index (κ2) is 35.6. The quantitative estimate of drug-likeness (QED) is 0.0503. The highest BCUT2D eigenvalue weighted by atomic mass is 16.5. The first-order valence-corrected chi connectivity index (χ1v) is 23.4. The van der Waals surface area contributed by atoms with Gasteiger partial charge in [-0.25, -0.2) is 4.79 Å². The molecular weight excluding hydrogens is 681 g/mol. The van der Waals surface area contributed by atoms with Crippen LogP contribution in [0.15, 0.2) is 53.3 Å². The Balaban J connectivity index is 1.48. The maximum absolute atomic E-state index is 12.8. The Hall–Kier alpha value is -2.82. The molecule has 5 heteroatoms. The topological polar surface area (TPSA) is 61.8 Å². The van der Waals surface area contributed by atoms with E-state index >= 15 is 0 Å². The fourth-order valence-corrected chi connectivity index (χ4v) is 7.24. The molecule has 0 aliphatic heterocycles. The minimum Gasteiger partial charge on any atom is -0.494 e. The normalized spacial score (nSPS) is 11.2. The first-order valence-electron chi connectivity index (χ1n) is 23.4. The van der Waals surface area contributed by atoms with Crippen LogP contribution in [0.5, 0.6) is 17.2 Å². The second-order valence-electron chi connectivity index (χ2n) is 16.0. The molecule has 0 aromatic heterocycles. The number of unbranched alkanes of at least 4 members (excludes halogenated alkanes) is 30. The minimum absolute atomic E-state index is 0.00826. The highest BCUT2D eigenvalue weighted by Gasteiger charge is 2.11. The summed E-state index contributed by atoms with van der Waals surface area (Å²) in [6.07, 6.45) is 43.0. The number of ether oxygens (including phenoxy) is 3. The zero-order chi connectivity index (χ0) is 39.3. The number of carbonyl (C=O) groups excluding carboxylic acids is 1. The molecule has 0 aliphatic rings. The summed E-state index contributed by atoms with van der Waals surface area (Å²) in [5.74, 6) is 0.764. The summed E-state index contributed by atoms with van der Waals surface area (Å²) in [4.78, 5) is 25.4. The molecule has 0 heterocycles. The van der Waals surface area contributed by atoms with Gasteiger partial charge in [0.1, 0.15) is 11.5 Å². The van der Waals surface area contributed by atoms with Crippen LogP contribution >= 0.6 is 0 Å². The van der Waals surface area contributed by atoms with Crippen LogP contribution in [0.1, 0.15) is 230 Å². The van der Waals surface area contributed by atoms with Crippen molar-refractivity contribution in [2.24, 2.45) is 0 Å². The molecule has 5 nitrogen and oxygen atoms in total. The third-order valence-electron chi connectivity index (χ3n) is 10.9. The van der Waals surface area contributed by atoms with E-state index in [9.17, 15) is 9.59 Å². The Kier molecular flexibility index (Phi) is 31.3. The molecule has 2 aromatic rings. The number of hydrogen-bond acceptors (Lipinski definition) is 5. The van der Waals surface area contributed by atoms with Crippen molar-refractivity contribution in [2.45, 2.75) is 219 Å². The van der Waals surface area contributed by atoms with Crippen LogP contribution in [-0.4, -0.2) is 19.2 Å². The van der Waals surface area contributed by atoms with Crippen molar-refractivity contribution in [1.29, 1.82) is 0 Å². The number of benzene rings is 1. The zero-order valence-electron chi connectivity index (χ0n) is 35.7. The average molecular weight is 763 g/mol. The molecule has 0 spiro atoms. The predicted molar refractivity (Wildman–Crippen MR) is 234 cm³/mol. The molecule has 0 saturated heterocycles. The molecule has 2 rings (SSSR count). The second-order valence-corrected chi connectivity index (χ2v) is 16.0. The van der Waals surface area contributed by atoms with E-state index in [2.05, 4.69) is 13.8 Å². The number of rotatable bonds is 38. The monoisotopic (exact) mass is 763 g/mol. The lowest BCUT2D eigenvalue weighted by molar-refractivity contribution is 0.0733. The van der Waals surface area contributed by atoms with Crippen molar-refractivity contribution in [3.05, 3.63) is 64.3 Å². The third-order valence-corrected chi connectivity index (χ3v) is 10.9. The van der Waals surface area contributed by atoms with Gasteiger partial charge in [-0.1, -0.05) is 206 Å². The summed E-state index contributed by atoms with van der Waals surface area (Å²) >= 11 is 0. The summed E-state index contributed by atoms with van der Waals surface area (Å²) in [5.41, 5.74) is 0.0185. The maximum Gasteiger partial charge on any atom is 0.343 e. The largest absolute Gasteiger partial charge is 0.494 e. The van der Waals surface area contributed by atoms with Gasteiger partial charge in [-0.05, 0) is 61.4 Å². The number of carbonyl (C=O) groups is 1. The molecule has 0 atom stereocenters. The van der Waals surface area contributed by atoms with Gasteiger partial charge < -0.3 is 14.2 Å². The van der Waals surface area contributed by atoms with Gasteiger partial charge in [-0.15, -0.1) is 0 Å². The molecule has 0 bridgehead atoms. The van der Waals surface area contributed by atoms with E-state index < -0.39 is 5.97 Å². The molecule has 0 unspecified atom stereocenters. The van der Waals surface area contributed by atoms with Crippen LogP contribution < -0.4 is 19.6 Å². The van der Waals surface area contributed by atoms with Gasteiger partial charge >= 0.3 is 5.97 Å². The van der Waals surface area contributed by atoms with Gasteiger partial charge in [-0.2, -0.15) is 0 Å². The molecule has 312 valence electrons. The fraction of sp³-hybridized carbons (Fsp3) is 0.720. The van der Waals surface area contributed by atoms with E-state index in [0.29, 0.717) is 24.5 Å². The van der Waals surface area contributed by atoms with Crippen molar-refractivity contribution in [2.75, 3.05) is 13.2 Å². The van der Waals surface area contributed by atoms with E-state index in [1.165, 1.54) is 198 Å². The lowest BCUT2D eigenvalue weighted by Gasteiger charge is -2.07. The lowest BCUT2D eigenvalue weighted by Crippen LogP contribution is -2.13. The Morgan fingerprint density at radius 3 is 1.02 bits per heavy atom. The van der Waals surface area contributed by atoms with Crippen molar-refractivity contribution >= 4 is 5.97 Å². The third kappa shape index (κ3) is 27.4. The first-order chi connectivity index (χ1) is 27.1. The standard InChI is InChI=1S/C50H82O5/c1-3-5-7-9-11-13-15-17-19-21-23-25-27-29-31-33-43-53-46-37-35-45(36-38-46)50(52)55-49-42-40-47(39-41-48(49)51)54-44-34-32-30-28-26-24-22-20-18-16-14-12-10-8-6-4-2/h35-42H,3-34,43-44H2,1-2H3. The minimum atomic E-state index is -0.566. The van der Waals surface area contributed by atoms with Gasteiger partial charge in [0.25, 0.3) is 0 Å². The summed E-state index contributed by atoms with van der Waals surface area (Å²) in [7, 11) is 0. The van der Waals surface area contributed by atoms with Gasteiger partial charge in [-0.3, -0.25) is 4.79 Å². The smallest absolute Gasteiger partial charge is 0.343 e. The van der Waals surface area contributed by atoms with Crippen LogP contribution in [0.25, 0.3) is 0 Å². The van der Waals surface area contributed by atoms with Gasteiger partial charge in [0, 0.05) is 0 Å². The molecule has 0 aliphatic carbocycles. The Morgan fingerprint density at radius 1 is 0.382 bits per heavy atom. The molecular formula is C50H82O5. The SMILES string of the molecule is CCCCCCCCCCCCCCCCCCOc1ccc(C(=O)Oc2ccc(OCCCCCCCCCCCCCCCCCC)ccc2=O)cc1. The average Bonchev–Trinajstić information content (AvgIpc) is 3.37. The van der Waals surface area contributed by atoms with Crippen molar-refractivity contribution in [3.8, 4) is 17.2 Å². The van der Waals surface area contributed by atoms with E-state index in [1.54, 1.807) is 36.4 Å². The van der Waals surface area contributed by atoms with Gasteiger partial charge in [0.15, 0.2) is 5.75 Å². The highest BCUT2D eigenvalue weighted by Crippen LogP contribution is 2.19. The molecule has 0 N–H and O–H groups in total. The van der Waals surface area contributed by atoms with Crippen molar-refractivity contribution < 1.29 is 19.0 Å². The van der Waals surface area contributed by atoms with Crippen LogP contribution in [0.2, 0.25) is 0 Å². The van der Waals surface area contributed by atoms with E-state index in [4.69, 9.17) is 14.2 Å². The van der Waals surface area contributed by atoms with E-state index in [1.807, 2.05) is 0 Å². The molecule has 0 amide bonds. The molecule has 0 fully saturated rings. The Labute approximate surface area is 338 Å². The van der Waals surface area contributed by atoms with Gasteiger partial charge in [0.05, 0.1) is 18.8 Å². The first kappa shape index (κ1) is 48.3. The zero-order valence-corrected chi connectivity index (χ0v) is 35.7. The predicted octanol–water partition coefficient (Wildman–Crippen LogP) is 15.5. The fourth-order valence-electron chi connectivity index (χ4n) is 7.24. The summed E-state index contributed by atoms with van der Waals surface area (Å²) < 4.78 is 17.3. The van der Waals surface area contributed by atoms with Crippen LogP contribution in [0, 0.1) is 0 Å². The maximum atomic E-state index is 12.8. The lowest BCUT2D eigenvalue weighted by atomic mass is 10.0. The Bertz CT molecular complexity index is 1230. The van der Waals surface area contributed by atoms with Crippen LogP contribution in [-0.2, 0) is 0 Å². The Morgan fingerprint density at radius 2 is 0.673 bits per heavy atom. The number of hydrogen-bond donors (Lipinski definition) is 0. The van der Waals surface area contributed by atoms with Crippen molar-refractivity contribution in [1.82, 2.24) is 0 Å². The van der Waals surface area contributed by atoms with E-state index in [0.717, 1.165) is 25.0 Å². The number of esters is 1. The van der Waals surface area contributed by atoms with Crippen molar-refractivity contribution in [3.63, 3.8) is 0 Å². The van der Waals surface area contributed by atoms with Crippen LogP contribution in [0.4, 0.5) is 0 Å². The highest BCUT2D eigenvalue weighted by molar-refractivity contribution is 5.91. The summed E-state index contributed by atoms with van der Waals surface area (Å²) in [6, 6.07) is 13.2. The van der Waals surface area contributed by atoms with Crippen LogP contribution in [0.3, 0.4) is 0 Å².